The molecule has 0 amide bonds. The Labute approximate surface area is 420 Å². The van der Waals surface area contributed by atoms with Crippen LogP contribution in [-0.2, 0) is 0 Å². The zero-order valence-corrected chi connectivity index (χ0v) is 39.6. The molecule has 0 N–H and O–H groups in total. The van der Waals surface area contributed by atoms with Gasteiger partial charge in [0.05, 0.1) is 11.0 Å². The van der Waals surface area contributed by atoms with Crippen LogP contribution in [0.15, 0.2) is 291 Å². The van der Waals surface area contributed by atoms with Crippen molar-refractivity contribution in [3.05, 3.63) is 291 Å². The fourth-order valence-electron chi connectivity index (χ4n) is 10.8. The highest BCUT2D eigenvalue weighted by atomic mass is 15.1. The molecule has 338 valence electrons. The van der Waals surface area contributed by atoms with Crippen LogP contribution in [0.2, 0.25) is 0 Å². The molecule has 2 heteroatoms. The van der Waals surface area contributed by atoms with Crippen molar-refractivity contribution >= 4 is 49.6 Å². The maximum absolute atomic E-state index is 2.39. The highest BCUT2D eigenvalue weighted by Gasteiger charge is 2.19. The van der Waals surface area contributed by atoms with Crippen LogP contribution in [0.25, 0.3) is 105 Å². The molecule has 72 heavy (non-hydrogen) atoms. The van der Waals surface area contributed by atoms with Gasteiger partial charge in [-0.2, -0.15) is 0 Å². The quantitative estimate of drug-likeness (QED) is 0.133. The molecule has 0 fully saturated rings. The van der Waals surface area contributed by atoms with E-state index < -0.39 is 0 Å². The fourth-order valence-corrected chi connectivity index (χ4v) is 10.8. The lowest BCUT2D eigenvalue weighted by atomic mass is 9.87. The molecule has 0 radical (unpaired) electrons. The second kappa shape index (κ2) is 18.4. The summed E-state index contributed by atoms with van der Waals surface area (Å²) in [5.74, 6) is 0. The van der Waals surface area contributed by atoms with E-state index in [0.29, 0.717) is 0 Å². The predicted octanol–water partition coefficient (Wildman–Crippen LogP) is 19.4. The number of benzene rings is 12. The first-order valence-electron chi connectivity index (χ1n) is 24.7. The summed E-state index contributed by atoms with van der Waals surface area (Å²) in [5, 5.41) is 4.99. The van der Waals surface area contributed by atoms with E-state index in [4.69, 9.17) is 0 Å². The SMILES string of the molecule is c1ccc(-c2ccccc2-c2ccccc2-c2ccccc2-c2ccc(N(c3ccc(-c4cccc(-n5c6ccccc6c6ccccc65)c4)cc3)c3cccc(-c4ccc5ccccc5c4)c3)cc2)cc1. The first kappa shape index (κ1) is 42.6. The van der Waals surface area contributed by atoms with E-state index in [1.54, 1.807) is 0 Å². The summed E-state index contributed by atoms with van der Waals surface area (Å²) in [7, 11) is 0. The van der Waals surface area contributed by atoms with Gasteiger partial charge in [-0.15, -0.1) is 0 Å². The molecule has 1 aromatic heterocycles. The van der Waals surface area contributed by atoms with Crippen molar-refractivity contribution < 1.29 is 0 Å². The number of anilines is 3. The van der Waals surface area contributed by atoms with Crippen molar-refractivity contribution in [3.8, 4) is 72.4 Å². The van der Waals surface area contributed by atoms with Crippen LogP contribution in [0.5, 0.6) is 0 Å². The number of aromatic nitrogens is 1. The lowest BCUT2D eigenvalue weighted by Gasteiger charge is -2.26. The molecule has 0 atom stereocenters. The first-order chi connectivity index (χ1) is 35.7. The molecular formula is C70H48N2. The predicted molar refractivity (Wildman–Crippen MR) is 306 cm³/mol. The van der Waals surface area contributed by atoms with Crippen LogP contribution in [0, 0.1) is 0 Å². The first-order valence-corrected chi connectivity index (χ1v) is 24.7. The van der Waals surface area contributed by atoms with Gasteiger partial charge in [-0.3, -0.25) is 0 Å². The lowest BCUT2D eigenvalue weighted by Crippen LogP contribution is -2.10. The van der Waals surface area contributed by atoms with E-state index in [1.165, 1.54) is 88.2 Å². The molecule has 13 rings (SSSR count). The second-order valence-electron chi connectivity index (χ2n) is 18.5. The van der Waals surface area contributed by atoms with Gasteiger partial charge in [-0.05, 0) is 144 Å². The van der Waals surface area contributed by atoms with E-state index in [0.717, 1.165) is 33.9 Å². The van der Waals surface area contributed by atoms with Crippen LogP contribution >= 0.6 is 0 Å². The third-order valence-corrected chi connectivity index (χ3v) is 14.2. The van der Waals surface area contributed by atoms with Crippen molar-refractivity contribution in [1.82, 2.24) is 4.57 Å². The summed E-state index contributed by atoms with van der Waals surface area (Å²) in [4.78, 5) is 2.38. The van der Waals surface area contributed by atoms with Gasteiger partial charge in [-0.25, -0.2) is 0 Å². The van der Waals surface area contributed by atoms with E-state index in [-0.39, 0.29) is 0 Å². The Kier molecular flexibility index (Phi) is 10.9. The molecule has 0 aliphatic rings. The zero-order valence-electron chi connectivity index (χ0n) is 39.6. The van der Waals surface area contributed by atoms with Gasteiger partial charge in [-0.1, -0.05) is 224 Å². The number of fused-ring (bicyclic) bond motifs is 4. The summed E-state index contributed by atoms with van der Waals surface area (Å²) < 4.78 is 2.39. The summed E-state index contributed by atoms with van der Waals surface area (Å²) in [6.07, 6.45) is 0. The highest BCUT2D eigenvalue weighted by molar-refractivity contribution is 6.09. The van der Waals surface area contributed by atoms with Gasteiger partial charge >= 0.3 is 0 Å². The molecule has 0 bridgehead atoms. The lowest BCUT2D eigenvalue weighted by molar-refractivity contribution is 1.18. The average Bonchev–Trinajstić information content (AvgIpc) is 3.80. The summed E-state index contributed by atoms with van der Waals surface area (Å²) in [6, 6.07) is 106. The van der Waals surface area contributed by atoms with Crippen LogP contribution < -0.4 is 4.90 Å². The number of para-hydroxylation sites is 2. The molecule has 0 aliphatic carbocycles. The van der Waals surface area contributed by atoms with Gasteiger partial charge in [0.1, 0.15) is 0 Å². The van der Waals surface area contributed by atoms with Crippen LogP contribution in [0.3, 0.4) is 0 Å². The monoisotopic (exact) mass is 916 g/mol. The Bertz CT molecular complexity index is 4040. The Morgan fingerprint density at radius 2 is 0.639 bits per heavy atom. The number of hydrogen-bond donors (Lipinski definition) is 0. The highest BCUT2D eigenvalue weighted by Crippen LogP contribution is 2.44. The minimum Gasteiger partial charge on any atom is -0.310 e. The van der Waals surface area contributed by atoms with Gasteiger partial charge in [0.2, 0.25) is 0 Å². The van der Waals surface area contributed by atoms with E-state index in [2.05, 4.69) is 301 Å². The summed E-state index contributed by atoms with van der Waals surface area (Å²) >= 11 is 0. The summed E-state index contributed by atoms with van der Waals surface area (Å²) in [6.45, 7) is 0. The molecule has 12 aromatic carbocycles. The zero-order chi connectivity index (χ0) is 47.8. The molecule has 0 saturated heterocycles. The smallest absolute Gasteiger partial charge is 0.0541 e. The Hall–Kier alpha value is -9.50. The van der Waals surface area contributed by atoms with E-state index >= 15 is 0 Å². The van der Waals surface area contributed by atoms with Crippen LogP contribution in [-0.4, -0.2) is 4.57 Å². The molecule has 1 heterocycles. The van der Waals surface area contributed by atoms with Crippen LogP contribution in [0.4, 0.5) is 17.1 Å². The minimum absolute atomic E-state index is 1.07. The minimum atomic E-state index is 1.07. The third-order valence-electron chi connectivity index (χ3n) is 14.2. The largest absolute Gasteiger partial charge is 0.310 e. The molecule has 0 saturated carbocycles. The van der Waals surface area contributed by atoms with Crippen molar-refractivity contribution in [2.45, 2.75) is 0 Å². The summed E-state index contributed by atoms with van der Waals surface area (Å²) in [5.41, 5.74) is 21.1. The Morgan fingerprint density at radius 1 is 0.222 bits per heavy atom. The topological polar surface area (TPSA) is 8.17 Å². The number of rotatable bonds is 10. The fraction of sp³-hybridized carbons (Fsp3) is 0. The van der Waals surface area contributed by atoms with Crippen molar-refractivity contribution in [2.75, 3.05) is 4.90 Å². The van der Waals surface area contributed by atoms with Crippen molar-refractivity contribution in [3.63, 3.8) is 0 Å². The maximum Gasteiger partial charge on any atom is 0.0541 e. The molecule has 13 aromatic rings. The van der Waals surface area contributed by atoms with Crippen molar-refractivity contribution in [1.29, 1.82) is 0 Å². The van der Waals surface area contributed by atoms with Crippen LogP contribution in [0.1, 0.15) is 0 Å². The Balaban J connectivity index is 0.888. The normalized spacial score (nSPS) is 11.3. The van der Waals surface area contributed by atoms with E-state index in [9.17, 15) is 0 Å². The van der Waals surface area contributed by atoms with Gasteiger partial charge in [0, 0.05) is 33.5 Å². The van der Waals surface area contributed by atoms with E-state index in [1.807, 2.05) is 0 Å². The second-order valence-corrected chi connectivity index (χ2v) is 18.5. The average molecular weight is 917 g/mol. The standard InChI is InChI=1S/C70H48N2/c1-2-19-51(20-3-1)61-26-6-8-28-63(61)65-30-10-11-31-66(65)64-29-9-7-27-62(64)52-40-44-58(45-41-52)71(59-24-17-23-55(48-59)56-37-36-49-18-4-5-21-53(49)46-56)57-42-38-50(39-43-57)54-22-16-25-60(47-54)72-69-34-14-12-32-67(69)68-33-13-15-35-70(68)72/h1-48H. The molecule has 2 nitrogen and oxygen atoms in total. The number of hydrogen-bond acceptors (Lipinski definition) is 1. The third kappa shape index (κ3) is 7.82. The Morgan fingerprint density at radius 3 is 1.25 bits per heavy atom. The van der Waals surface area contributed by atoms with Gasteiger partial charge < -0.3 is 9.47 Å². The maximum atomic E-state index is 2.39. The molecule has 0 unspecified atom stereocenters. The molecule has 0 aliphatic heterocycles. The van der Waals surface area contributed by atoms with Gasteiger partial charge in [0.15, 0.2) is 0 Å². The van der Waals surface area contributed by atoms with Crippen molar-refractivity contribution in [2.24, 2.45) is 0 Å². The number of nitrogens with zero attached hydrogens (tertiary/aromatic N) is 2. The van der Waals surface area contributed by atoms with Gasteiger partial charge in [0.25, 0.3) is 0 Å². The molecular weight excluding hydrogens is 869 g/mol. The molecule has 0 spiro atoms.